The zero-order valence-electron chi connectivity index (χ0n) is 24.7. The zero-order chi connectivity index (χ0) is 30.6. The minimum atomic E-state index is -1.56. The van der Waals surface area contributed by atoms with Gasteiger partial charge in [0.1, 0.15) is 11.8 Å². The minimum Gasteiger partial charge on any atom is -0.381 e. The molecule has 5 atom stereocenters. The van der Waals surface area contributed by atoms with Gasteiger partial charge in [-0.1, -0.05) is 31.8 Å². The maximum Gasteiger partial charge on any atom is 0.271 e. The van der Waals surface area contributed by atoms with Gasteiger partial charge < -0.3 is 36.2 Å². The first kappa shape index (κ1) is 31.5. The second kappa shape index (κ2) is 13.7. The van der Waals surface area contributed by atoms with Crippen molar-refractivity contribution in [1.82, 2.24) is 26.0 Å². The van der Waals surface area contributed by atoms with Gasteiger partial charge in [0.05, 0.1) is 12.0 Å². The minimum absolute atomic E-state index is 0.0242. The van der Waals surface area contributed by atoms with Crippen LogP contribution in [-0.4, -0.2) is 82.0 Å². The van der Waals surface area contributed by atoms with Crippen LogP contribution in [-0.2, 0) is 19.2 Å². The van der Waals surface area contributed by atoms with Gasteiger partial charge in [-0.05, 0) is 57.8 Å². The average Bonchev–Trinajstić information content (AvgIpc) is 3.70. The predicted octanol–water partition coefficient (Wildman–Crippen LogP) is 0.633. The number of aliphatic hydroxyl groups is 1. The number of carbonyl (C=O) groups is 5. The summed E-state index contributed by atoms with van der Waals surface area (Å²) in [7, 11) is 0. The van der Waals surface area contributed by atoms with E-state index in [0.29, 0.717) is 50.1 Å². The molecule has 1 aliphatic carbocycles. The quantitative estimate of drug-likeness (QED) is 0.248. The Hall–Kier alpha value is -3.48. The molecule has 5 amide bonds. The highest BCUT2D eigenvalue weighted by atomic mass is 16.5. The molecule has 0 radical (unpaired) electrons. The third-order valence-corrected chi connectivity index (χ3v) is 8.85. The second-order valence-electron chi connectivity index (χ2n) is 12.2. The highest BCUT2D eigenvalue weighted by Gasteiger charge is 2.42. The summed E-state index contributed by atoms with van der Waals surface area (Å²) in [5, 5.41) is 23.4. The van der Waals surface area contributed by atoms with Crippen LogP contribution in [0, 0.1) is 18.8 Å². The third kappa shape index (κ3) is 6.93. The zero-order valence-corrected chi connectivity index (χ0v) is 24.7. The van der Waals surface area contributed by atoms with Crippen molar-refractivity contribution in [3.05, 3.63) is 17.0 Å². The van der Waals surface area contributed by atoms with E-state index < -0.39 is 47.7 Å². The summed E-state index contributed by atoms with van der Waals surface area (Å²) < 4.78 is 5.22. The Morgan fingerprint density at radius 3 is 2.43 bits per heavy atom. The van der Waals surface area contributed by atoms with Crippen molar-refractivity contribution in [2.75, 3.05) is 13.1 Å². The number of aromatic nitrogens is 1. The van der Waals surface area contributed by atoms with Crippen LogP contribution in [0.2, 0.25) is 0 Å². The summed E-state index contributed by atoms with van der Waals surface area (Å²) in [5.41, 5.74) is 5.73. The highest BCUT2D eigenvalue weighted by Crippen LogP contribution is 2.34. The number of aryl methyl sites for hydroxylation is 1. The number of hydrogen-bond donors (Lipinski definition) is 5. The Morgan fingerprint density at radius 2 is 1.81 bits per heavy atom. The van der Waals surface area contributed by atoms with Gasteiger partial charge in [-0.3, -0.25) is 24.0 Å². The fraction of sp³-hybridized carbons (Fsp3) is 0.724. The fourth-order valence-electron chi connectivity index (χ4n) is 6.57. The maximum absolute atomic E-state index is 14.1. The molecule has 1 aromatic heterocycles. The number of likely N-dealkylation sites (tertiary alicyclic amines) is 1. The molecule has 1 aromatic rings. The number of rotatable bonds is 11. The van der Waals surface area contributed by atoms with Gasteiger partial charge in [0, 0.05) is 30.6 Å². The van der Waals surface area contributed by atoms with Gasteiger partial charge in [-0.15, -0.1) is 0 Å². The predicted molar refractivity (Wildman–Crippen MR) is 151 cm³/mol. The van der Waals surface area contributed by atoms with Gasteiger partial charge in [-0.2, -0.15) is 0 Å². The fourth-order valence-corrected chi connectivity index (χ4v) is 6.57. The molecule has 3 aliphatic rings. The molecular formula is C29H44N6O7. The molecule has 2 saturated heterocycles. The smallest absolute Gasteiger partial charge is 0.271 e. The summed E-state index contributed by atoms with van der Waals surface area (Å²) in [6, 6.07) is -1.91. The van der Waals surface area contributed by atoms with E-state index in [0.717, 1.165) is 25.7 Å². The Bertz CT molecular complexity index is 1180. The van der Waals surface area contributed by atoms with Crippen LogP contribution in [0.1, 0.15) is 99.4 Å². The number of primary amides is 1. The summed E-state index contributed by atoms with van der Waals surface area (Å²) in [5.74, 6) is -3.67. The Labute approximate surface area is 245 Å². The van der Waals surface area contributed by atoms with E-state index in [2.05, 4.69) is 21.1 Å². The van der Waals surface area contributed by atoms with E-state index >= 15 is 0 Å². The molecule has 42 heavy (non-hydrogen) atoms. The monoisotopic (exact) mass is 588 g/mol. The molecule has 3 fully saturated rings. The number of nitrogens with one attached hydrogen (secondary N) is 3. The first-order valence-electron chi connectivity index (χ1n) is 15.1. The lowest BCUT2D eigenvalue weighted by Crippen LogP contribution is -2.59. The van der Waals surface area contributed by atoms with E-state index in [4.69, 9.17) is 10.3 Å². The molecular weight excluding hydrogens is 544 g/mol. The number of amides is 5. The molecule has 3 heterocycles. The van der Waals surface area contributed by atoms with Crippen LogP contribution in [0.5, 0.6) is 0 Å². The molecule has 0 spiro atoms. The standard InChI is InChI=1S/C29H44N6O7/c1-15(2)21(22-16(3)42-34-23(22)25(30)37)29(41)35-13-7-6-10-20(35)27(39)33-19(14-17-11-12-31-26(17)38)24(36)28(40)32-18-8-4-5-9-18/h15,17-21,24,36H,4-14H2,1-3H3,(H2,30,37)(H,31,38)(H,32,40)(H,33,39)/t17-,19-,20-,21-,24?/m0/s1. The van der Waals surface area contributed by atoms with E-state index in [-0.39, 0.29) is 35.9 Å². The molecule has 13 heteroatoms. The molecule has 0 aromatic carbocycles. The molecule has 0 bridgehead atoms. The number of aliphatic hydroxyl groups excluding tert-OH is 1. The number of piperidine rings is 1. The first-order chi connectivity index (χ1) is 20.0. The van der Waals surface area contributed by atoms with Crippen LogP contribution in [0.15, 0.2) is 4.52 Å². The van der Waals surface area contributed by atoms with Crippen molar-refractivity contribution in [1.29, 1.82) is 0 Å². The van der Waals surface area contributed by atoms with Crippen molar-refractivity contribution in [2.24, 2.45) is 17.6 Å². The van der Waals surface area contributed by atoms with Crippen molar-refractivity contribution >= 4 is 29.5 Å². The summed E-state index contributed by atoms with van der Waals surface area (Å²) >= 11 is 0. The molecule has 1 unspecified atom stereocenters. The van der Waals surface area contributed by atoms with Crippen molar-refractivity contribution in [3.8, 4) is 0 Å². The number of hydrogen-bond acceptors (Lipinski definition) is 8. The lowest BCUT2D eigenvalue weighted by Gasteiger charge is -2.39. The Balaban J connectivity index is 1.55. The van der Waals surface area contributed by atoms with Gasteiger partial charge in [-0.25, -0.2) is 0 Å². The van der Waals surface area contributed by atoms with Gasteiger partial charge in [0.25, 0.3) is 11.8 Å². The molecule has 4 rings (SSSR count). The van der Waals surface area contributed by atoms with Crippen molar-refractivity contribution in [2.45, 2.75) is 109 Å². The normalized spacial score (nSPS) is 23.4. The highest BCUT2D eigenvalue weighted by molar-refractivity contribution is 5.97. The van der Waals surface area contributed by atoms with E-state index in [1.54, 1.807) is 6.92 Å². The molecule has 6 N–H and O–H groups in total. The molecule has 1 saturated carbocycles. The number of nitrogens with two attached hydrogens (primary N) is 1. The summed E-state index contributed by atoms with van der Waals surface area (Å²) in [6.45, 7) is 6.09. The number of carbonyl (C=O) groups excluding carboxylic acids is 5. The number of nitrogens with zero attached hydrogens (tertiary/aromatic N) is 2. The Kier molecular flexibility index (Phi) is 10.2. The SMILES string of the molecule is Cc1onc(C(N)=O)c1[C@@H](C(=O)N1CCCC[C@H]1C(=O)N[C@@H](C[C@@H]1CCNC1=O)C(O)C(=O)NC1CCCC1)C(C)C. The third-order valence-electron chi connectivity index (χ3n) is 8.85. The van der Waals surface area contributed by atoms with E-state index in [1.807, 2.05) is 13.8 Å². The molecule has 232 valence electrons. The van der Waals surface area contributed by atoms with Crippen molar-refractivity contribution in [3.63, 3.8) is 0 Å². The van der Waals surface area contributed by atoms with Crippen LogP contribution < -0.4 is 21.7 Å². The van der Waals surface area contributed by atoms with Crippen LogP contribution in [0.25, 0.3) is 0 Å². The van der Waals surface area contributed by atoms with E-state index in [1.165, 1.54) is 4.90 Å². The van der Waals surface area contributed by atoms with Gasteiger partial charge >= 0.3 is 0 Å². The largest absolute Gasteiger partial charge is 0.381 e. The molecule has 2 aliphatic heterocycles. The van der Waals surface area contributed by atoms with Gasteiger partial charge in [0.2, 0.25) is 17.7 Å². The molecule has 13 nitrogen and oxygen atoms in total. The summed E-state index contributed by atoms with van der Waals surface area (Å²) in [4.78, 5) is 66.8. The summed E-state index contributed by atoms with van der Waals surface area (Å²) in [6.07, 6.45) is 4.51. The first-order valence-corrected chi connectivity index (χ1v) is 15.1. The van der Waals surface area contributed by atoms with Gasteiger partial charge in [0.15, 0.2) is 11.8 Å². The average molecular weight is 589 g/mol. The lowest BCUT2D eigenvalue weighted by atomic mass is 9.84. The van der Waals surface area contributed by atoms with Crippen molar-refractivity contribution < 1.29 is 33.6 Å². The maximum atomic E-state index is 14.1. The van der Waals surface area contributed by atoms with Crippen LogP contribution >= 0.6 is 0 Å². The van der Waals surface area contributed by atoms with Crippen LogP contribution in [0.4, 0.5) is 0 Å². The topological polar surface area (TPSA) is 197 Å². The lowest BCUT2D eigenvalue weighted by molar-refractivity contribution is -0.145. The van der Waals surface area contributed by atoms with E-state index in [9.17, 15) is 29.1 Å². The van der Waals surface area contributed by atoms with Crippen LogP contribution in [0.3, 0.4) is 0 Å². The second-order valence-corrected chi connectivity index (χ2v) is 12.2. The Morgan fingerprint density at radius 1 is 1.12 bits per heavy atom.